The average molecular weight is 466 g/mol. The van der Waals surface area contributed by atoms with Crippen molar-refractivity contribution in [2.75, 3.05) is 4.90 Å². The Hall–Kier alpha value is -4.66. The number of imide groups is 1. The number of benzene rings is 3. The molecule has 3 aromatic carbocycles. The normalized spacial score (nSPS) is 24.2. The zero-order valence-electron chi connectivity index (χ0n) is 18.2. The van der Waals surface area contributed by atoms with Crippen molar-refractivity contribution >= 4 is 35.2 Å². The van der Waals surface area contributed by atoms with Crippen molar-refractivity contribution in [2.45, 2.75) is 12.1 Å². The monoisotopic (exact) mass is 466 g/mol. The van der Waals surface area contributed by atoms with Crippen molar-refractivity contribution in [1.82, 2.24) is 5.01 Å². The lowest BCUT2D eigenvalue weighted by atomic mass is 9.83. The van der Waals surface area contributed by atoms with Crippen LogP contribution in [0.4, 0.5) is 11.4 Å². The predicted octanol–water partition coefficient (Wildman–Crippen LogP) is 3.36. The van der Waals surface area contributed by atoms with Gasteiger partial charge >= 0.3 is 0 Å². The van der Waals surface area contributed by atoms with Crippen LogP contribution in [0.3, 0.4) is 0 Å². The molecule has 3 aliphatic heterocycles. The van der Waals surface area contributed by atoms with Gasteiger partial charge in [0.05, 0.1) is 34.7 Å². The van der Waals surface area contributed by atoms with E-state index in [9.17, 15) is 24.5 Å². The predicted molar refractivity (Wildman–Crippen MR) is 126 cm³/mol. The van der Waals surface area contributed by atoms with Gasteiger partial charge in [0.2, 0.25) is 11.8 Å². The van der Waals surface area contributed by atoms with Crippen LogP contribution in [-0.2, 0) is 9.59 Å². The maximum Gasteiger partial charge on any atom is 0.270 e. The second-order valence-corrected chi connectivity index (χ2v) is 8.71. The summed E-state index contributed by atoms with van der Waals surface area (Å²) in [5, 5.41) is 17.3. The van der Waals surface area contributed by atoms with Crippen molar-refractivity contribution in [1.29, 1.82) is 0 Å². The van der Waals surface area contributed by atoms with Gasteiger partial charge in [-0.1, -0.05) is 54.6 Å². The fourth-order valence-electron chi connectivity index (χ4n) is 5.44. The molecule has 0 aromatic heterocycles. The number of non-ortho nitro benzene ring substituents is 1. The number of hydrogen-bond donors (Lipinski definition) is 0. The Morgan fingerprint density at radius 2 is 1.60 bits per heavy atom. The molecule has 9 nitrogen and oxygen atoms in total. The minimum absolute atomic E-state index is 0.0936. The lowest BCUT2D eigenvalue weighted by Crippen LogP contribution is -2.44. The molecule has 0 aliphatic carbocycles. The number of carbonyl (C=O) groups is 3. The summed E-state index contributed by atoms with van der Waals surface area (Å²) in [7, 11) is 0. The van der Waals surface area contributed by atoms with Gasteiger partial charge < -0.3 is 0 Å². The van der Waals surface area contributed by atoms with E-state index in [1.165, 1.54) is 29.3 Å². The first-order chi connectivity index (χ1) is 17.0. The Balaban J connectivity index is 1.50. The molecule has 6 rings (SSSR count). The first-order valence-electron chi connectivity index (χ1n) is 11.1. The summed E-state index contributed by atoms with van der Waals surface area (Å²) in [5.41, 5.74) is 1.93. The van der Waals surface area contributed by atoms with E-state index in [1.807, 2.05) is 24.3 Å². The van der Waals surface area contributed by atoms with Gasteiger partial charge in [0, 0.05) is 17.7 Å². The summed E-state index contributed by atoms with van der Waals surface area (Å²) < 4.78 is 0. The molecule has 35 heavy (non-hydrogen) atoms. The Morgan fingerprint density at radius 3 is 2.37 bits per heavy atom. The van der Waals surface area contributed by atoms with E-state index in [0.29, 0.717) is 5.69 Å². The highest BCUT2D eigenvalue weighted by Crippen LogP contribution is 2.53. The molecule has 2 saturated heterocycles. The molecule has 3 heterocycles. The van der Waals surface area contributed by atoms with Crippen LogP contribution in [0.1, 0.15) is 27.5 Å². The number of hydrazone groups is 1. The van der Waals surface area contributed by atoms with Gasteiger partial charge in [0.15, 0.2) is 5.78 Å². The van der Waals surface area contributed by atoms with E-state index in [1.54, 1.807) is 36.5 Å². The van der Waals surface area contributed by atoms with Crippen LogP contribution >= 0.6 is 0 Å². The van der Waals surface area contributed by atoms with Gasteiger partial charge in [-0.3, -0.25) is 29.5 Å². The van der Waals surface area contributed by atoms with E-state index in [-0.39, 0.29) is 17.2 Å². The van der Waals surface area contributed by atoms with Gasteiger partial charge in [0.1, 0.15) is 6.04 Å². The van der Waals surface area contributed by atoms with Crippen molar-refractivity contribution in [3.05, 3.63) is 106 Å². The maximum atomic E-state index is 13.8. The fraction of sp³-hybridized carbons (Fsp3) is 0.154. The van der Waals surface area contributed by atoms with Gasteiger partial charge in [0.25, 0.3) is 5.69 Å². The van der Waals surface area contributed by atoms with Gasteiger partial charge in [-0.05, 0) is 23.3 Å². The summed E-state index contributed by atoms with van der Waals surface area (Å²) >= 11 is 0. The zero-order chi connectivity index (χ0) is 24.3. The van der Waals surface area contributed by atoms with Crippen LogP contribution in [-0.4, -0.2) is 39.8 Å². The number of amides is 2. The first kappa shape index (κ1) is 20.9. The van der Waals surface area contributed by atoms with Crippen molar-refractivity contribution in [3.63, 3.8) is 0 Å². The summed E-state index contributed by atoms with van der Waals surface area (Å²) in [6, 6.07) is 19.8. The number of fused-ring (bicyclic) bond motifs is 5. The molecule has 9 heteroatoms. The molecule has 4 atom stereocenters. The second kappa shape index (κ2) is 7.69. The fourth-order valence-corrected chi connectivity index (χ4v) is 5.44. The Morgan fingerprint density at radius 1 is 0.886 bits per heavy atom. The largest absolute Gasteiger partial charge is 0.292 e. The molecule has 4 unspecified atom stereocenters. The van der Waals surface area contributed by atoms with Crippen LogP contribution in [0.25, 0.3) is 0 Å². The molecule has 3 aliphatic rings. The Bertz CT molecular complexity index is 1440. The number of Topliss-reactive ketones (excluding diaryl/α,β-unsaturated/α-hetero) is 1. The van der Waals surface area contributed by atoms with E-state index >= 15 is 0 Å². The number of ketones is 1. The third-order valence-electron chi connectivity index (χ3n) is 6.92. The minimum Gasteiger partial charge on any atom is -0.292 e. The number of anilines is 1. The minimum atomic E-state index is -1.08. The lowest BCUT2D eigenvalue weighted by molar-refractivity contribution is -0.384. The standard InChI is InChI=1S/C26H18N4O5/c31-24(15-8-6-11-18(13-15)30(34)35)23-21-20(22-19-12-5-4-7-16(19)14-27-29(22)23)25(32)28(26(21)33)17-9-2-1-3-10-17/h1-14,20-23H. The molecule has 172 valence electrons. The highest BCUT2D eigenvalue weighted by Gasteiger charge is 2.65. The average Bonchev–Trinajstić information content (AvgIpc) is 3.36. The number of nitro benzene ring substituents is 1. The molecule has 3 aromatic rings. The van der Waals surface area contributed by atoms with Gasteiger partial charge in [-0.15, -0.1) is 0 Å². The molecule has 2 fully saturated rings. The number of nitrogens with zero attached hydrogens (tertiary/aromatic N) is 4. The number of para-hydroxylation sites is 1. The highest BCUT2D eigenvalue weighted by molar-refractivity contribution is 6.24. The quantitative estimate of drug-likeness (QED) is 0.252. The molecule has 0 saturated carbocycles. The summed E-state index contributed by atoms with van der Waals surface area (Å²) in [6.07, 6.45) is 1.62. The van der Waals surface area contributed by atoms with Crippen molar-refractivity contribution in [3.8, 4) is 0 Å². The van der Waals surface area contributed by atoms with Gasteiger partial charge in [-0.25, -0.2) is 4.90 Å². The molecule has 0 radical (unpaired) electrons. The van der Waals surface area contributed by atoms with E-state index in [4.69, 9.17) is 0 Å². The molecule has 2 amide bonds. The summed E-state index contributed by atoms with van der Waals surface area (Å²) in [6.45, 7) is 0. The number of carbonyl (C=O) groups excluding carboxylic acids is 3. The topological polar surface area (TPSA) is 113 Å². The summed E-state index contributed by atoms with van der Waals surface area (Å²) in [5.74, 6) is -3.16. The first-order valence-corrected chi connectivity index (χ1v) is 11.1. The lowest BCUT2D eigenvalue weighted by Gasteiger charge is -2.33. The Labute approximate surface area is 199 Å². The Kier molecular flexibility index (Phi) is 4.60. The number of rotatable bonds is 4. The summed E-state index contributed by atoms with van der Waals surface area (Å²) in [4.78, 5) is 53.2. The highest BCUT2D eigenvalue weighted by atomic mass is 16.6. The van der Waals surface area contributed by atoms with Gasteiger partial charge in [-0.2, -0.15) is 5.10 Å². The molecule has 0 N–H and O–H groups in total. The number of hydrogen-bond acceptors (Lipinski definition) is 7. The molecule has 0 spiro atoms. The smallest absolute Gasteiger partial charge is 0.270 e. The van der Waals surface area contributed by atoms with E-state index < -0.39 is 40.5 Å². The van der Waals surface area contributed by atoms with E-state index in [2.05, 4.69) is 5.10 Å². The molecular formula is C26H18N4O5. The van der Waals surface area contributed by atoms with Crippen LogP contribution in [0.2, 0.25) is 0 Å². The van der Waals surface area contributed by atoms with E-state index in [0.717, 1.165) is 16.0 Å². The third kappa shape index (κ3) is 3.01. The van der Waals surface area contributed by atoms with Crippen LogP contribution in [0.15, 0.2) is 84.0 Å². The second-order valence-electron chi connectivity index (χ2n) is 8.71. The van der Waals surface area contributed by atoms with Crippen LogP contribution < -0.4 is 4.90 Å². The van der Waals surface area contributed by atoms with Crippen LogP contribution in [0, 0.1) is 22.0 Å². The van der Waals surface area contributed by atoms with Crippen molar-refractivity contribution < 1.29 is 19.3 Å². The number of nitro groups is 1. The zero-order valence-corrected chi connectivity index (χ0v) is 18.2. The molecule has 0 bridgehead atoms. The SMILES string of the molecule is O=C(c1cccc([N+](=O)[O-])c1)C1C2C(=O)N(c3ccccc3)C(=O)C2C2c3ccccc3C=NN12. The maximum absolute atomic E-state index is 13.8. The molecular weight excluding hydrogens is 448 g/mol. The third-order valence-corrected chi connectivity index (χ3v) is 6.92. The van der Waals surface area contributed by atoms with Crippen LogP contribution in [0.5, 0.6) is 0 Å². The van der Waals surface area contributed by atoms with Crippen molar-refractivity contribution in [2.24, 2.45) is 16.9 Å².